The van der Waals surface area contributed by atoms with Gasteiger partial charge in [0.15, 0.2) is 0 Å². The van der Waals surface area contributed by atoms with Gasteiger partial charge in [-0.05, 0) is 55.0 Å². The van der Waals surface area contributed by atoms with Crippen LogP contribution in [-0.4, -0.2) is 6.54 Å². The minimum atomic E-state index is 0.784. The van der Waals surface area contributed by atoms with Crippen LogP contribution in [0.3, 0.4) is 0 Å². The smallest absolute Gasteiger partial charge is 0.00772 e. The van der Waals surface area contributed by atoms with Gasteiger partial charge < -0.3 is 5.73 Å². The Bertz CT molecular complexity index is 488. The number of hydrogen-bond donors (Lipinski definition) is 1. The second kappa shape index (κ2) is 6.36. The van der Waals surface area contributed by atoms with Crippen molar-refractivity contribution in [3.05, 3.63) is 59.7 Å². The maximum atomic E-state index is 5.57. The number of hydrogen-bond acceptors (Lipinski definition) is 1. The summed E-state index contributed by atoms with van der Waals surface area (Å²) in [4.78, 5) is 0. The van der Waals surface area contributed by atoms with Gasteiger partial charge in [0, 0.05) is 0 Å². The average molecular weight is 239 g/mol. The highest BCUT2D eigenvalue weighted by molar-refractivity contribution is 5.70. The van der Waals surface area contributed by atoms with Crippen LogP contribution in [0.2, 0.25) is 0 Å². The molecule has 1 nitrogen and oxygen atoms in total. The predicted molar refractivity (Wildman–Crippen MR) is 78.6 cm³/mol. The fourth-order valence-electron chi connectivity index (χ4n) is 2.41. The molecular weight excluding hydrogens is 218 g/mol. The van der Waals surface area contributed by atoms with Crippen LogP contribution in [0, 0.1) is 6.92 Å². The molecule has 1 heteroatoms. The van der Waals surface area contributed by atoms with Crippen molar-refractivity contribution >= 4 is 0 Å². The molecule has 2 aromatic carbocycles. The van der Waals surface area contributed by atoms with Gasteiger partial charge in [-0.15, -0.1) is 0 Å². The zero-order chi connectivity index (χ0) is 12.8. The summed E-state index contributed by atoms with van der Waals surface area (Å²) in [6.45, 7) is 2.97. The highest BCUT2D eigenvalue weighted by atomic mass is 14.5. The standard InChI is InChI=1S/C17H21N/c1-14-8-7-12-16(11-5-6-13-18)17(14)15-9-3-2-4-10-15/h2-4,7-10,12H,5-6,11,13,18H2,1H3. The molecule has 0 aliphatic carbocycles. The molecule has 18 heavy (non-hydrogen) atoms. The van der Waals surface area contributed by atoms with Crippen molar-refractivity contribution < 1.29 is 0 Å². The molecular formula is C17H21N. The van der Waals surface area contributed by atoms with Crippen LogP contribution in [0.5, 0.6) is 0 Å². The summed E-state index contributed by atoms with van der Waals surface area (Å²) in [5, 5.41) is 0. The summed E-state index contributed by atoms with van der Waals surface area (Å²) in [5.41, 5.74) is 11.1. The first-order valence-corrected chi connectivity index (χ1v) is 6.67. The molecule has 0 aliphatic rings. The highest BCUT2D eigenvalue weighted by Crippen LogP contribution is 2.28. The molecule has 0 fully saturated rings. The fourth-order valence-corrected chi connectivity index (χ4v) is 2.41. The molecule has 0 atom stereocenters. The minimum absolute atomic E-state index is 0.784. The second-order valence-corrected chi connectivity index (χ2v) is 4.72. The van der Waals surface area contributed by atoms with Crippen LogP contribution < -0.4 is 5.73 Å². The summed E-state index contributed by atoms with van der Waals surface area (Å²) >= 11 is 0. The lowest BCUT2D eigenvalue weighted by molar-refractivity contribution is 0.745. The molecule has 0 spiro atoms. The maximum absolute atomic E-state index is 5.57. The van der Waals surface area contributed by atoms with E-state index < -0.39 is 0 Å². The molecule has 0 unspecified atom stereocenters. The Morgan fingerprint density at radius 3 is 2.39 bits per heavy atom. The number of benzene rings is 2. The van der Waals surface area contributed by atoms with Gasteiger partial charge in [0.2, 0.25) is 0 Å². The molecule has 0 aliphatic heterocycles. The fraction of sp³-hybridized carbons (Fsp3) is 0.294. The van der Waals surface area contributed by atoms with Crippen LogP contribution in [0.15, 0.2) is 48.5 Å². The largest absolute Gasteiger partial charge is 0.330 e. The van der Waals surface area contributed by atoms with Crippen molar-refractivity contribution in [3.63, 3.8) is 0 Å². The Morgan fingerprint density at radius 2 is 1.67 bits per heavy atom. The van der Waals surface area contributed by atoms with Crippen LogP contribution >= 0.6 is 0 Å². The van der Waals surface area contributed by atoms with Crippen molar-refractivity contribution in [2.24, 2.45) is 5.73 Å². The zero-order valence-corrected chi connectivity index (χ0v) is 11.0. The molecule has 0 amide bonds. The normalized spacial score (nSPS) is 10.6. The van der Waals surface area contributed by atoms with Gasteiger partial charge in [0.05, 0.1) is 0 Å². The number of unbranched alkanes of at least 4 members (excludes halogenated alkanes) is 1. The van der Waals surface area contributed by atoms with Crippen molar-refractivity contribution in [2.75, 3.05) is 6.54 Å². The van der Waals surface area contributed by atoms with Gasteiger partial charge in [0.25, 0.3) is 0 Å². The minimum Gasteiger partial charge on any atom is -0.330 e. The first-order chi connectivity index (χ1) is 8.83. The first kappa shape index (κ1) is 12.8. The molecule has 2 aromatic rings. The summed E-state index contributed by atoms with van der Waals surface area (Å²) in [6, 6.07) is 17.2. The first-order valence-electron chi connectivity index (χ1n) is 6.67. The second-order valence-electron chi connectivity index (χ2n) is 4.72. The lowest BCUT2D eigenvalue weighted by atomic mass is 9.92. The van der Waals surface area contributed by atoms with Crippen molar-refractivity contribution in [1.29, 1.82) is 0 Å². The Hall–Kier alpha value is -1.60. The summed E-state index contributed by atoms with van der Waals surface area (Å²) in [5.74, 6) is 0. The van der Waals surface area contributed by atoms with Crippen LogP contribution in [-0.2, 0) is 6.42 Å². The lowest BCUT2D eigenvalue weighted by Gasteiger charge is -2.13. The zero-order valence-electron chi connectivity index (χ0n) is 11.0. The Morgan fingerprint density at radius 1 is 0.889 bits per heavy atom. The molecule has 0 saturated carbocycles. The Kier molecular flexibility index (Phi) is 4.54. The molecule has 0 bridgehead atoms. The molecule has 0 radical (unpaired) electrons. The van der Waals surface area contributed by atoms with E-state index in [4.69, 9.17) is 5.73 Å². The van der Waals surface area contributed by atoms with E-state index in [1.165, 1.54) is 28.7 Å². The predicted octanol–water partition coefficient (Wildman–Crippen LogP) is 3.94. The maximum Gasteiger partial charge on any atom is -0.00772 e. The van der Waals surface area contributed by atoms with Crippen molar-refractivity contribution in [2.45, 2.75) is 26.2 Å². The van der Waals surface area contributed by atoms with E-state index in [2.05, 4.69) is 55.5 Å². The highest BCUT2D eigenvalue weighted by Gasteiger charge is 2.07. The van der Waals surface area contributed by atoms with Gasteiger partial charge >= 0.3 is 0 Å². The Labute approximate surface area is 110 Å². The van der Waals surface area contributed by atoms with Gasteiger partial charge in [-0.25, -0.2) is 0 Å². The van der Waals surface area contributed by atoms with E-state index in [0.717, 1.165) is 19.4 Å². The molecule has 2 rings (SSSR count). The third-order valence-electron chi connectivity index (χ3n) is 3.32. The SMILES string of the molecule is Cc1cccc(CCCCN)c1-c1ccccc1. The van der Waals surface area contributed by atoms with Crippen LogP contribution in [0.4, 0.5) is 0 Å². The van der Waals surface area contributed by atoms with Gasteiger partial charge in [0.1, 0.15) is 0 Å². The summed E-state index contributed by atoms with van der Waals surface area (Å²) in [7, 11) is 0. The molecule has 2 N–H and O–H groups in total. The number of nitrogens with two attached hydrogens (primary N) is 1. The number of aryl methyl sites for hydroxylation is 2. The van der Waals surface area contributed by atoms with Gasteiger partial charge in [-0.3, -0.25) is 0 Å². The molecule has 0 heterocycles. The van der Waals surface area contributed by atoms with E-state index in [-0.39, 0.29) is 0 Å². The lowest BCUT2D eigenvalue weighted by Crippen LogP contribution is -2.00. The van der Waals surface area contributed by atoms with Crippen molar-refractivity contribution in [3.8, 4) is 11.1 Å². The topological polar surface area (TPSA) is 26.0 Å². The van der Waals surface area contributed by atoms with E-state index in [0.29, 0.717) is 0 Å². The van der Waals surface area contributed by atoms with Gasteiger partial charge in [-0.2, -0.15) is 0 Å². The molecule has 0 aromatic heterocycles. The van der Waals surface area contributed by atoms with E-state index in [1.54, 1.807) is 0 Å². The average Bonchev–Trinajstić information content (AvgIpc) is 2.40. The molecule has 0 saturated heterocycles. The molecule has 94 valence electrons. The van der Waals surface area contributed by atoms with Crippen molar-refractivity contribution in [1.82, 2.24) is 0 Å². The monoisotopic (exact) mass is 239 g/mol. The van der Waals surface area contributed by atoms with Crippen LogP contribution in [0.1, 0.15) is 24.0 Å². The van der Waals surface area contributed by atoms with E-state index in [1.807, 2.05) is 0 Å². The number of rotatable bonds is 5. The van der Waals surface area contributed by atoms with Gasteiger partial charge in [-0.1, -0.05) is 48.5 Å². The quantitative estimate of drug-likeness (QED) is 0.786. The summed E-state index contributed by atoms with van der Waals surface area (Å²) < 4.78 is 0. The van der Waals surface area contributed by atoms with E-state index >= 15 is 0 Å². The third-order valence-corrected chi connectivity index (χ3v) is 3.32. The Balaban J connectivity index is 2.33. The van der Waals surface area contributed by atoms with Crippen LogP contribution in [0.25, 0.3) is 11.1 Å². The summed E-state index contributed by atoms with van der Waals surface area (Å²) in [6.07, 6.45) is 3.38. The van der Waals surface area contributed by atoms with E-state index in [9.17, 15) is 0 Å². The third kappa shape index (κ3) is 2.99.